The van der Waals surface area contributed by atoms with Gasteiger partial charge in [-0.1, -0.05) is 153 Å². The first kappa shape index (κ1) is 27.9. The Kier molecular flexibility index (Phi) is 6.05. The summed E-state index contributed by atoms with van der Waals surface area (Å²) in [6, 6.07) is 47.3. The number of hydrogen-bond acceptors (Lipinski definition) is 5. The van der Waals surface area contributed by atoms with E-state index < -0.39 is 0 Å². The van der Waals surface area contributed by atoms with Crippen LogP contribution in [0.5, 0.6) is 0 Å². The van der Waals surface area contributed by atoms with E-state index in [1.807, 2.05) is 59.9 Å². The molecule has 0 bridgehead atoms. The maximum absolute atomic E-state index is 5.31. The molecule has 0 spiro atoms. The molecular weight excluding hydrogens is 625 g/mol. The number of fused-ring (bicyclic) bond motifs is 10. The molecule has 4 nitrogen and oxygen atoms in total. The molecule has 0 fully saturated rings. The summed E-state index contributed by atoms with van der Waals surface area (Å²) in [6.45, 7) is 4.71. The minimum Gasteiger partial charge on any atom is -0.276 e. The lowest BCUT2D eigenvalue weighted by atomic mass is 9.81. The zero-order valence-corrected chi connectivity index (χ0v) is 27.9. The fraction of sp³-hybridized carbons (Fsp3) is 0.0714. The maximum atomic E-state index is 5.31. The molecule has 0 atom stereocenters. The van der Waals surface area contributed by atoms with Gasteiger partial charge in [-0.2, -0.15) is 9.97 Å². The second-order valence-electron chi connectivity index (χ2n) is 12.8. The van der Waals surface area contributed by atoms with E-state index in [0.717, 1.165) is 22.2 Å². The molecule has 6 aromatic carbocycles. The summed E-state index contributed by atoms with van der Waals surface area (Å²) in [6.07, 6.45) is 0. The summed E-state index contributed by atoms with van der Waals surface area (Å²) in [4.78, 5) is 20.7. The van der Waals surface area contributed by atoms with Crippen LogP contribution in [0.1, 0.15) is 25.0 Å². The van der Waals surface area contributed by atoms with Crippen LogP contribution in [0.3, 0.4) is 0 Å². The normalized spacial score (nSPS) is 14.0. The Labute approximate surface area is 286 Å². The van der Waals surface area contributed by atoms with E-state index in [9.17, 15) is 0 Å². The molecule has 2 aliphatic rings. The summed E-state index contributed by atoms with van der Waals surface area (Å²) < 4.78 is 2.36. The van der Waals surface area contributed by atoms with Crippen LogP contribution in [0.4, 0.5) is 0 Å². The van der Waals surface area contributed by atoms with Crippen molar-refractivity contribution in [1.29, 1.82) is 0 Å². The maximum Gasteiger partial charge on any atom is 0.238 e. The van der Waals surface area contributed by atoms with Crippen LogP contribution >= 0.6 is 23.5 Å². The Hall–Kier alpha value is -5.17. The highest BCUT2D eigenvalue weighted by Crippen LogP contribution is 2.56. The van der Waals surface area contributed by atoms with Gasteiger partial charge in [0.2, 0.25) is 5.95 Å². The molecule has 0 radical (unpaired) electrons. The Morgan fingerprint density at radius 2 is 1.08 bits per heavy atom. The highest BCUT2D eigenvalue weighted by molar-refractivity contribution is 8.05. The fourth-order valence-electron chi connectivity index (χ4n) is 7.52. The van der Waals surface area contributed by atoms with Gasteiger partial charge in [0.25, 0.3) is 0 Å². The molecule has 8 aromatic rings. The molecular formula is C42H28N4S2. The summed E-state index contributed by atoms with van der Waals surface area (Å²) >= 11 is 3.68. The Morgan fingerprint density at radius 1 is 0.500 bits per heavy atom. The van der Waals surface area contributed by atoms with Gasteiger partial charge in [-0.05, 0) is 40.5 Å². The number of rotatable bonds is 3. The SMILES string of the molecule is CC1(C)c2ccccc2-c2ccc3c4ccc5c(c4n(-c4nc(-c6ccccc6)nc(-c6ccccc6)n4)c3c21)Sc1ccccc1S5. The molecule has 10 rings (SSSR count). The van der Waals surface area contributed by atoms with Gasteiger partial charge in [-0.25, -0.2) is 4.98 Å². The lowest BCUT2D eigenvalue weighted by Gasteiger charge is -2.24. The van der Waals surface area contributed by atoms with Gasteiger partial charge in [0.05, 0.1) is 15.9 Å². The average Bonchev–Trinajstić information content (AvgIpc) is 3.60. The first-order chi connectivity index (χ1) is 23.6. The predicted octanol–water partition coefficient (Wildman–Crippen LogP) is 11.2. The van der Waals surface area contributed by atoms with Crippen molar-refractivity contribution in [2.45, 2.75) is 38.8 Å². The Balaban J connectivity index is 1.37. The second-order valence-corrected chi connectivity index (χ2v) is 15.0. The van der Waals surface area contributed by atoms with E-state index >= 15 is 0 Å². The average molecular weight is 653 g/mol. The highest BCUT2D eigenvalue weighted by atomic mass is 32.2. The van der Waals surface area contributed by atoms with E-state index in [-0.39, 0.29) is 5.41 Å². The van der Waals surface area contributed by atoms with E-state index in [2.05, 4.69) is 115 Å². The van der Waals surface area contributed by atoms with Gasteiger partial charge in [-0.3, -0.25) is 4.57 Å². The summed E-state index contributed by atoms with van der Waals surface area (Å²) in [5.74, 6) is 1.93. The molecule has 0 unspecified atom stereocenters. The molecule has 3 heterocycles. The molecule has 48 heavy (non-hydrogen) atoms. The third kappa shape index (κ3) is 4.03. The van der Waals surface area contributed by atoms with E-state index in [4.69, 9.17) is 15.0 Å². The topological polar surface area (TPSA) is 43.6 Å². The number of nitrogens with zero attached hydrogens (tertiary/aromatic N) is 4. The molecule has 228 valence electrons. The highest BCUT2D eigenvalue weighted by Gasteiger charge is 2.39. The van der Waals surface area contributed by atoms with Crippen LogP contribution in [0, 0.1) is 0 Å². The van der Waals surface area contributed by atoms with Gasteiger partial charge in [-0.15, -0.1) is 0 Å². The Bertz CT molecular complexity index is 2530. The third-order valence-corrected chi connectivity index (χ3v) is 12.3. The number of benzene rings is 6. The van der Waals surface area contributed by atoms with Crippen molar-refractivity contribution < 1.29 is 0 Å². The lowest BCUT2D eigenvalue weighted by molar-refractivity contribution is 0.663. The zero-order chi connectivity index (χ0) is 32.0. The summed E-state index contributed by atoms with van der Waals surface area (Å²) in [5.41, 5.74) is 9.19. The molecule has 1 aliphatic heterocycles. The standard InChI is InChI=1S/C42H28N4S2/c1-42(2)31-18-10-9-17-27(31)28-21-22-29-30-23-24-34-38(48-33-20-12-11-19-32(33)47-34)37(30)46(36(29)35(28)42)41-44-39(25-13-5-3-6-14-25)43-40(45-41)26-15-7-4-8-16-26/h3-24H,1-2H3. The molecule has 0 amide bonds. The quantitative estimate of drug-likeness (QED) is 0.190. The summed E-state index contributed by atoms with van der Waals surface area (Å²) in [5, 5.41) is 2.41. The monoisotopic (exact) mass is 652 g/mol. The fourth-order valence-corrected chi connectivity index (χ4v) is 9.90. The summed E-state index contributed by atoms with van der Waals surface area (Å²) in [7, 11) is 0. The van der Waals surface area contributed by atoms with Crippen molar-refractivity contribution in [1.82, 2.24) is 19.5 Å². The minimum atomic E-state index is -0.232. The van der Waals surface area contributed by atoms with Crippen LogP contribution < -0.4 is 0 Å². The molecule has 6 heteroatoms. The van der Waals surface area contributed by atoms with Gasteiger partial charge in [0, 0.05) is 42.0 Å². The first-order valence-corrected chi connectivity index (χ1v) is 17.8. The molecule has 0 saturated heterocycles. The Morgan fingerprint density at radius 3 is 1.79 bits per heavy atom. The third-order valence-electron chi connectivity index (χ3n) is 9.69. The van der Waals surface area contributed by atoms with Crippen molar-refractivity contribution in [3.05, 3.63) is 145 Å². The van der Waals surface area contributed by atoms with Gasteiger partial charge in [0.15, 0.2) is 11.6 Å². The lowest BCUT2D eigenvalue weighted by Crippen LogP contribution is -2.17. The minimum absolute atomic E-state index is 0.232. The van der Waals surface area contributed by atoms with E-state index in [1.54, 1.807) is 0 Å². The molecule has 0 saturated carbocycles. The zero-order valence-electron chi connectivity index (χ0n) is 26.3. The van der Waals surface area contributed by atoms with E-state index in [1.165, 1.54) is 52.6 Å². The van der Waals surface area contributed by atoms with Crippen molar-refractivity contribution in [2.24, 2.45) is 0 Å². The van der Waals surface area contributed by atoms with E-state index in [0.29, 0.717) is 17.6 Å². The van der Waals surface area contributed by atoms with Crippen molar-refractivity contribution in [3.63, 3.8) is 0 Å². The van der Waals surface area contributed by atoms with Gasteiger partial charge < -0.3 is 0 Å². The molecule has 0 N–H and O–H groups in total. The smallest absolute Gasteiger partial charge is 0.238 e. The second kappa shape index (κ2) is 10.4. The number of aromatic nitrogens is 4. The molecule has 2 aromatic heterocycles. The largest absolute Gasteiger partial charge is 0.276 e. The predicted molar refractivity (Wildman–Crippen MR) is 197 cm³/mol. The van der Waals surface area contributed by atoms with Crippen LogP contribution in [-0.2, 0) is 5.41 Å². The molecule has 1 aliphatic carbocycles. The van der Waals surface area contributed by atoms with Crippen LogP contribution in [-0.4, -0.2) is 19.5 Å². The van der Waals surface area contributed by atoms with Gasteiger partial charge >= 0.3 is 0 Å². The first-order valence-electron chi connectivity index (χ1n) is 16.1. The van der Waals surface area contributed by atoms with Crippen LogP contribution in [0.2, 0.25) is 0 Å². The van der Waals surface area contributed by atoms with Crippen molar-refractivity contribution in [3.8, 4) is 39.9 Å². The van der Waals surface area contributed by atoms with Crippen molar-refractivity contribution >= 4 is 45.3 Å². The van der Waals surface area contributed by atoms with Crippen molar-refractivity contribution in [2.75, 3.05) is 0 Å². The number of hydrogen-bond donors (Lipinski definition) is 0. The van der Waals surface area contributed by atoms with Crippen LogP contribution in [0.25, 0.3) is 61.7 Å². The van der Waals surface area contributed by atoms with Crippen LogP contribution in [0.15, 0.2) is 153 Å². The van der Waals surface area contributed by atoms with Gasteiger partial charge in [0.1, 0.15) is 0 Å².